The summed E-state index contributed by atoms with van der Waals surface area (Å²) in [6, 6.07) is 18.7. The van der Waals surface area contributed by atoms with Gasteiger partial charge in [-0.2, -0.15) is 0 Å². The molecule has 5 nitrogen and oxygen atoms in total. The van der Waals surface area contributed by atoms with Crippen LogP contribution in [0.25, 0.3) is 11.4 Å². The molecule has 2 heterocycles. The number of piperazine rings is 1. The first-order valence-corrected chi connectivity index (χ1v) is 11.2. The van der Waals surface area contributed by atoms with Gasteiger partial charge in [-0.05, 0) is 45.2 Å². The molecule has 0 unspecified atom stereocenters. The number of aromatic nitrogens is 2. The van der Waals surface area contributed by atoms with Gasteiger partial charge in [-0.1, -0.05) is 41.6 Å². The molecular formula is C24H28N4OS. The van der Waals surface area contributed by atoms with Gasteiger partial charge in [0.2, 0.25) is 0 Å². The third kappa shape index (κ3) is 5.12. The highest BCUT2D eigenvalue weighted by atomic mass is 32.2. The van der Waals surface area contributed by atoms with Crippen molar-refractivity contribution < 1.29 is 4.74 Å². The Kier molecular flexibility index (Phi) is 6.55. The van der Waals surface area contributed by atoms with Crippen LogP contribution in [0.15, 0.2) is 64.5 Å². The van der Waals surface area contributed by atoms with Crippen LogP contribution >= 0.6 is 11.8 Å². The first-order chi connectivity index (χ1) is 14.6. The Morgan fingerprint density at radius 2 is 1.63 bits per heavy atom. The summed E-state index contributed by atoms with van der Waals surface area (Å²) in [4.78, 5) is 15.7. The fourth-order valence-corrected chi connectivity index (χ4v) is 4.20. The molecule has 1 aromatic heterocycles. The lowest BCUT2D eigenvalue weighted by atomic mass is 10.1. The topological polar surface area (TPSA) is 41.5 Å². The van der Waals surface area contributed by atoms with Crippen LogP contribution in [0.3, 0.4) is 0 Å². The number of ether oxygens (including phenoxy) is 1. The van der Waals surface area contributed by atoms with Crippen LogP contribution in [0.5, 0.6) is 5.75 Å². The molecule has 1 saturated heterocycles. The van der Waals surface area contributed by atoms with E-state index in [0.717, 1.165) is 59.1 Å². The zero-order chi connectivity index (χ0) is 20.9. The Morgan fingerprint density at radius 3 is 2.30 bits per heavy atom. The van der Waals surface area contributed by atoms with Crippen molar-refractivity contribution in [2.24, 2.45) is 0 Å². The maximum atomic E-state index is 5.56. The average Bonchev–Trinajstić information content (AvgIpc) is 2.76. The van der Waals surface area contributed by atoms with Crippen molar-refractivity contribution in [1.29, 1.82) is 0 Å². The average molecular weight is 421 g/mol. The SMILES string of the molecule is CCOc1ccc(Sc2cc(N3CCN(C)CC3)nc(-c3ccc(C)cc3)n2)cc1. The van der Waals surface area contributed by atoms with Crippen LogP contribution in [-0.4, -0.2) is 54.7 Å². The van der Waals surface area contributed by atoms with Crippen molar-refractivity contribution in [3.63, 3.8) is 0 Å². The van der Waals surface area contributed by atoms with Crippen molar-refractivity contribution >= 4 is 17.6 Å². The van der Waals surface area contributed by atoms with E-state index in [1.54, 1.807) is 11.8 Å². The summed E-state index contributed by atoms with van der Waals surface area (Å²) in [7, 11) is 2.17. The van der Waals surface area contributed by atoms with E-state index in [-0.39, 0.29) is 0 Å². The van der Waals surface area contributed by atoms with Crippen LogP contribution in [-0.2, 0) is 0 Å². The molecule has 1 aliphatic rings. The number of benzene rings is 2. The van der Waals surface area contributed by atoms with Crippen molar-refractivity contribution in [2.75, 3.05) is 44.7 Å². The minimum atomic E-state index is 0.673. The second kappa shape index (κ2) is 9.49. The molecule has 0 spiro atoms. The summed E-state index contributed by atoms with van der Waals surface area (Å²) >= 11 is 1.66. The van der Waals surface area contributed by atoms with E-state index >= 15 is 0 Å². The van der Waals surface area contributed by atoms with Gasteiger partial charge in [-0.25, -0.2) is 9.97 Å². The molecule has 3 aromatic rings. The molecule has 1 aliphatic heterocycles. The Bertz CT molecular complexity index is 968. The standard InChI is InChI=1S/C24H28N4OS/c1-4-29-20-9-11-21(12-10-20)30-23-17-22(28-15-13-27(3)14-16-28)25-24(26-23)19-7-5-18(2)6-8-19/h5-12,17H,4,13-16H2,1-3H3. The lowest BCUT2D eigenvalue weighted by Gasteiger charge is -2.33. The molecule has 30 heavy (non-hydrogen) atoms. The number of aryl methyl sites for hydroxylation is 1. The summed E-state index contributed by atoms with van der Waals surface area (Å²) < 4.78 is 5.56. The second-order valence-corrected chi connectivity index (χ2v) is 8.64. The van der Waals surface area contributed by atoms with Crippen LogP contribution in [0.4, 0.5) is 5.82 Å². The lowest BCUT2D eigenvalue weighted by Crippen LogP contribution is -2.44. The maximum Gasteiger partial charge on any atom is 0.162 e. The number of likely N-dealkylation sites (N-methyl/N-ethyl adjacent to an activating group) is 1. The molecule has 0 N–H and O–H groups in total. The molecule has 4 rings (SSSR count). The zero-order valence-corrected chi connectivity index (χ0v) is 18.7. The van der Waals surface area contributed by atoms with E-state index in [1.165, 1.54) is 5.56 Å². The highest BCUT2D eigenvalue weighted by Crippen LogP contribution is 2.32. The molecular weight excluding hydrogens is 392 g/mol. The summed E-state index contributed by atoms with van der Waals surface area (Å²) in [6.07, 6.45) is 0. The Labute approximate surface area is 183 Å². The molecule has 0 atom stereocenters. The first-order valence-electron chi connectivity index (χ1n) is 10.4. The van der Waals surface area contributed by atoms with Crippen molar-refractivity contribution in [1.82, 2.24) is 14.9 Å². The molecule has 156 valence electrons. The Morgan fingerprint density at radius 1 is 0.933 bits per heavy atom. The van der Waals surface area contributed by atoms with Crippen LogP contribution < -0.4 is 9.64 Å². The van der Waals surface area contributed by atoms with Gasteiger partial charge in [0.15, 0.2) is 5.82 Å². The predicted molar refractivity (Wildman–Crippen MR) is 124 cm³/mol. The molecule has 6 heteroatoms. The van der Waals surface area contributed by atoms with Crippen LogP contribution in [0, 0.1) is 6.92 Å². The minimum Gasteiger partial charge on any atom is -0.494 e. The number of hydrogen-bond donors (Lipinski definition) is 0. The minimum absolute atomic E-state index is 0.673. The summed E-state index contributed by atoms with van der Waals surface area (Å²) in [6.45, 7) is 8.82. The largest absolute Gasteiger partial charge is 0.494 e. The predicted octanol–water partition coefficient (Wildman–Crippen LogP) is 4.75. The molecule has 0 saturated carbocycles. The number of rotatable bonds is 6. The summed E-state index contributed by atoms with van der Waals surface area (Å²) in [5, 5.41) is 0.957. The molecule has 0 amide bonds. The molecule has 0 radical (unpaired) electrons. The van der Waals surface area contributed by atoms with Gasteiger partial charge < -0.3 is 14.5 Å². The lowest BCUT2D eigenvalue weighted by molar-refractivity contribution is 0.312. The summed E-state index contributed by atoms with van der Waals surface area (Å²) in [5.41, 5.74) is 2.28. The molecule has 2 aromatic carbocycles. The number of nitrogens with zero attached hydrogens (tertiary/aromatic N) is 4. The fraction of sp³-hybridized carbons (Fsp3) is 0.333. The second-order valence-electron chi connectivity index (χ2n) is 7.55. The van der Waals surface area contributed by atoms with Crippen molar-refractivity contribution in [3.05, 3.63) is 60.2 Å². The van der Waals surface area contributed by atoms with Gasteiger partial charge in [0.1, 0.15) is 16.6 Å². The van der Waals surface area contributed by atoms with Gasteiger partial charge in [-0.15, -0.1) is 0 Å². The normalized spacial score (nSPS) is 14.7. The third-order valence-electron chi connectivity index (χ3n) is 5.18. The van der Waals surface area contributed by atoms with E-state index in [1.807, 2.05) is 19.1 Å². The van der Waals surface area contributed by atoms with Gasteiger partial charge >= 0.3 is 0 Å². The Balaban J connectivity index is 1.65. The van der Waals surface area contributed by atoms with Crippen molar-refractivity contribution in [3.8, 4) is 17.1 Å². The quantitative estimate of drug-likeness (QED) is 0.536. The Hall–Kier alpha value is -2.57. The van der Waals surface area contributed by atoms with Gasteiger partial charge in [0.25, 0.3) is 0 Å². The monoisotopic (exact) mass is 420 g/mol. The van der Waals surface area contributed by atoms with E-state index < -0.39 is 0 Å². The molecule has 0 aliphatic carbocycles. The van der Waals surface area contributed by atoms with E-state index in [9.17, 15) is 0 Å². The first kappa shape index (κ1) is 20.7. The van der Waals surface area contributed by atoms with Crippen LogP contribution in [0.2, 0.25) is 0 Å². The zero-order valence-electron chi connectivity index (χ0n) is 17.8. The number of hydrogen-bond acceptors (Lipinski definition) is 6. The highest BCUT2D eigenvalue weighted by molar-refractivity contribution is 7.99. The van der Waals surface area contributed by atoms with E-state index in [4.69, 9.17) is 14.7 Å². The smallest absolute Gasteiger partial charge is 0.162 e. The van der Waals surface area contributed by atoms with E-state index in [0.29, 0.717) is 6.61 Å². The highest BCUT2D eigenvalue weighted by Gasteiger charge is 2.18. The molecule has 1 fully saturated rings. The van der Waals surface area contributed by atoms with Gasteiger partial charge in [0.05, 0.1) is 6.61 Å². The van der Waals surface area contributed by atoms with E-state index in [2.05, 4.69) is 66.2 Å². The maximum absolute atomic E-state index is 5.56. The number of anilines is 1. The summed E-state index contributed by atoms with van der Waals surface area (Å²) in [5.74, 6) is 2.67. The van der Waals surface area contributed by atoms with Gasteiger partial charge in [0, 0.05) is 42.7 Å². The third-order valence-corrected chi connectivity index (χ3v) is 6.11. The van der Waals surface area contributed by atoms with Crippen LogP contribution in [0.1, 0.15) is 12.5 Å². The van der Waals surface area contributed by atoms with Crippen molar-refractivity contribution in [2.45, 2.75) is 23.8 Å². The fourth-order valence-electron chi connectivity index (χ4n) is 3.39. The van der Waals surface area contributed by atoms with Gasteiger partial charge in [-0.3, -0.25) is 0 Å². The molecule has 0 bridgehead atoms.